The molecule has 0 aromatic heterocycles. The highest BCUT2D eigenvalue weighted by Crippen LogP contribution is 1.93. The van der Waals surface area contributed by atoms with Crippen molar-refractivity contribution in [3.05, 3.63) is 12.2 Å². The molecule has 0 aromatic rings. The maximum absolute atomic E-state index is 10.9. The van der Waals surface area contributed by atoms with Crippen molar-refractivity contribution in [2.75, 3.05) is 26.9 Å². The van der Waals surface area contributed by atoms with E-state index in [9.17, 15) is 4.79 Å². The number of ether oxygens (including phenoxy) is 3. The van der Waals surface area contributed by atoms with Crippen LogP contribution in [-0.2, 0) is 19.0 Å². The van der Waals surface area contributed by atoms with Crippen molar-refractivity contribution in [3.63, 3.8) is 0 Å². The fourth-order valence-corrected chi connectivity index (χ4v) is 0.734. The average Bonchev–Trinajstić information content (AvgIpc) is 2.24. The van der Waals surface area contributed by atoms with E-state index < -0.39 is 5.97 Å². The highest BCUT2D eigenvalue weighted by atomic mass is 16.6. The topological polar surface area (TPSA) is 68.6 Å². The van der Waals surface area contributed by atoms with Crippen LogP contribution in [0.1, 0.15) is 6.92 Å². The van der Waals surface area contributed by atoms with Gasteiger partial charge in [0.2, 0.25) is 0 Å². The van der Waals surface area contributed by atoms with Gasteiger partial charge in [0.1, 0.15) is 6.61 Å². The molecule has 84 valence electrons. The van der Waals surface area contributed by atoms with E-state index in [1.54, 1.807) is 20.1 Å². The lowest BCUT2D eigenvalue weighted by Crippen LogP contribution is -2.20. The number of methoxy groups -OCH3 is 1. The van der Waals surface area contributed by atoms with E-state index in [0.717, 1.165) is 12.2 Å². The summed E-state index contributed by atoms with van der Waals surface area (Å²) in [5, 5.41) is 8.15. The first-order valence-electron chi connectivity index (χ1n) is 4.54. The largest absolute Gasteiger partial charge is 0.460 e. The number of nitrogens with zero attached hydrogens (tertiary/aromatic N) is 1. The number of nitriles is 1. The molecule has 0 N–H and O–H groups in total. The number of carbonyl (C=O) groups excluding carboxylic acids is 1. The molecule has 0 aliphatic rings. The van der Waals surface area contributed by atoms with Crippen LogP contribution >= 0.6 is 0 Å². The molecule has 0 aromatic carbocycles. The zero-order valence-electron chi connectivity index (χ0n) is 8.93. The van der Waals surface area contributed by atoms with Gasteiger partial charge < -0.3 is 14.2 Å². The van der Waals surface area contributed by atoms with Crippen LogP contribution in [0.5, 0.6) is 0 Å². The van der Waals surface area contributed by atoms with E-state index in [4.69, 9.17) is 19.5 Å². The molecule has 5 heteroatoms. The molecule has 1 unspecified atom stereocenters. The molecule has 0 heterocycles. The SMILES string of the molecule is COCCOC(C)COC(=O)C=CC#N. The minimum absolute atomic E-state index is 0.165. The zero-order valence-corrected chi connectivity index (χ0v) is 8.93. The summed E-state index contributed by atoms with van der Waals surface area (Å²) < 4.78 is 14.8. The molecular formula is C10H15NO4. The van der Waals surface area contributed by atoms with E-state index in [1.165, 1.54) is 0 Å². The van der Waals surface area contributed by atoms with Crippen molar-refractivity contribution < 1.29 is 19.0 Å². The number of hydrogen-bond acceptors (Lipinski definition) is 5. The van der Waals surface area contributed by atoms with Crippen molar-refractivity contribution in [1.82, 2.24) is 0 Å². The zero-order chi connectivity index (χ0) is 11.5. The summed E-state index contributed by atoms with van der Waals surface area (Å²) in [4.78, 5) is 10.9. The predicted molar refractivity (Wildman–Crippen MR) is 53.0 cm³/mol. The number of allylic oxidation sites excluding steroid dienone is 1. The molecule has 0 aliphatic heterocycles. The van der Waals surface area contributed by atoms with Gasteiger partial charge in [0.05, 0.1) is 25.4 Å². The first-order valence-corrected chi connectivity index (χ1v) is 4.54. The van der Waals surface area contributed by atoms with Gasteiger partial charge in [0, 0.05) is 19.3 Å². The second-order valence-corrected chi connectivity index (χ2v) is 2.77. The van der Waals surface area contributed by atoms with Crippen LogP contribution in [0.3, 0.4) is 0 Å². The number of rotatable bonds is 7. The molecule has 15 heavy (non-hydrogen) atoms. The quantitative estimate of drug-likeness (QED) is 0.269. The lowest BCUT2D eigenvalue weighted by Gasteiger charge is -2.11. The molecule has 0 saturated heterocycles. The number of carbonyl (C=O) groups is 1. The molecule has 0 spiro atoms. The molecule has 0 radical (unpaired) electrons. The Balaban J connectivity index is 3.53. The second kappa shape index (κ2) is 9.19. The predicted octanol–water partition coefficient (Wildman–Crippen LogP) is 0.661. The summed E-state index contributed by atoms with van der Waals surface area (Å²) in [5.41, 5.74) is 0. The third kappa shape index (κ3) is 8.94. The molecule has 0 amide bonds. The Morgan fingerprint density at radius 1 is 1.53 bits per heavy atom. The van der Waals surface area contributed by atoms with Crippen molar-refractivity contribution in [2.24, 2.45) is 0 Å². The minimum atomic E-state index is -0.543. The fraction of sp³-hybridized carbons (Fsp3) is 0.600. The second-order valence-electron chi connectivity index (χ2n) is 2.77. The van der Waals surface area contributed by atoms with Gasteiger partial charge in [-0.1, -0.05) is 0 Å². The van der Waals surface area contributed by atoms with Crippen molar-refractivity contribution in [3.8, 4) is 6.07 Å². The third-order valence-corrected chi connectivity index (χ3v) is 1.44. The molecule has 0 rings (SSSR count). The molecule has 5 nitrogen and oxygen atoms in total. The van der Waals surface area contributed by atoms with Gasteiger partial charge in [-0.3, -0.25) is 0 Å². The first kappa shape index (κ1) is 13.6. The highest BCUT2D eigenvalue weighted by Gasteiger charge is 2.04. The molecular weight excluding hydrogens is 198 g/mol. The minimum Gasteiger partial charge on any atom is -0.460 e. The van der Waals surface area contributed by atoms with Gasteiger partial charge in [0.25, 0.3) is 0 Å². The summed E-state index contributed by atoms with van der Waals surface area (Å²) in [5.74, 6) is -0.543. The van der Waals surface area contributed by atoms with E-state index in [1.807, 2.05) is 0 Å². The number of esters is 1. The summed E-state index contributed by atoms with van der Waals surface area (Å²) in [7, 11) is 1.58. The summed E-state index contributed by atoms with van der Waals surface area (Å²) in [6, 6.07) is 1.70. The van der Waals surface area contributed by atoms with Crippen LogP contribution in [0.2, 0.25) is 0 Å². The Labute approximate surface area is 89.2 Å². The maximum atomic E-state index is 10.9. The van der Waals surface area contributed by atoms with Crippen molar-refractivity contribution in [2.45, 2.75) is 13.0 Å². The normalized spacial score (nSPS) is 12.3. The van der Waals surface area contributed by atoms with Crippen LogP contribution < -0.4 is 0 Å². The van der Waals surface area contributed by atoms with Crippen molar-refractivity contribution in [1.29, 1.82) is 5.26 Å². The molecule has 0 aliphatic carbocycles. The number of hydrogen-bond donors (Lipinski definition) is 0. The summed E-state index contributed by atoms with van der Waals surface area (Å²) in [6.07, 6.45) is 1.96. The Morgan fingerprint density at radius 2 is 2.27 bits per heavy atom. The third-order valence-electron chi connectivity index (χ3n) is 1.44. The smallest absolute Gasteiger partial charge is 0.331 e. The Hall–Kier alpha value is -1.38. The molecule has 0 fully saturated rings. The summed E-state index contributed by atoms with van der Waals surface area (Å²) >= 11 is 0. The van der Waals surface area contributed by atoms with Crippen LogP contribution in [0.15, 0.2) is 12.2 Å². The molecule has 0 saturated carbocycles. The van der Waals surface area contributed by atoms with Crippen LogP contribution in [0.25, 0.3) is 0 Å². The van der Waals surface area contributed by atoms with Crippen LogP contribution in [-0.4, -0.2) is 39.0 Å². The fourth-order valence-electron chi connectivity index (χ4n) is 0.734. The van der Waals surface area contributed by atoms with Gasteiger partial charge in [0.15, 0.2) is 0 Å². The van der Waals surface area contributed by atoms with E-state index in [-0.39, 0.29) is 12.7 Å². The van der Waals surface area contributed by atoms with Gasteiger partial charge >= 0.3 is 5.97 Å². The van der Waals surface area contributed by atoms with E-state index >= 15 is 0 Å². The highest BCUT2D eigenvalue weighted by molar-refractivity contribution is 5.82. The van der Waals surface area contributed by atoms with Gasteiger partial charge in [-0.25, -0.2) is 4.79 Å². The Bertz CT molecular complexity index is 244. The lowest BCUT2D eigenvalue weighted by atomic mass is 10.4. The maximum Gasteiger partial charge on any atom is 0.331 e. The van der Waals surface area contributed by atoms with Gasteiger partial charge in [-0.05, 0) is 6.92 Å². The lowest BCUT2D eigenvalue weighted by molar-refractivity contribution is -0.141. The van der Waals surface area contributed by atoms with Crippen molar-refractivity contribution >= 4 is 5.97 Å². The Morgan fingerprint density at radius 3 is 2.87 bits per heavy atom. The van der Waals surface area contributed by atoms with Gasteiger partial charge in [-0.15, -0.1) is 0 Å². The summed E-state index contributed by atoms with van der Waals surface area (Å²) in [6.45, 7) is 2.92. The van der Waals surface area contributed by atoms with E-state index in [2.05, 4.69) is 0 Å². The molecule has 1 atom stereocenters. The van der Waals surface area contributed by atoms with Gasteiger partial charge in [-0.2, -0.15) is 5.26 Å². The van der Waals surface area contributed by atoms with Crippen LogP contribution in [0.4, 0.5) is 0 Å². The van der Waals surface area contributed by atoms with Crippen LogP contribution in [0, 0.1) is 11.3 Å². The average molecular weight is 213 g/mol. The Kier molecular flexibility index (Phi) is 8.34. The van der Waals surface area contributed by atoms with E-state index in [0.29, 0.717) is 13.2 Å². The molecule has 0 bridgehead atoms. The monoisotopic (exact) mass is 213 g/mol. The first-order chi connectivity index (χ1) is 7.20. The standard InChI is InChI=1S/C10H15NO4/c1-9(14-7-6-13-2)8-15-10(12)4-3-5-11/h3-4,9H,6-8H2,1-2H3.